The Morgan fingerprint density at radius 1 is 0.441 bits per heavy atom. The Bertz CT molecular complexity index is 3720. The molecule has 0 N–H and O–H groups in total. The smallest absolute Gasteiger partial charge is 0.172 e. The molecule has 0 radical (unpaired) electrons. The van der Waals surface area contributed by atoms with Gasteiger partial charge in [0.2, 0.25) is 0 Å². The van der Waals surface area contributed by atoms with Gasteiger partial charge in [-0.15, -0.1) is 11.3 Å². The zero-order chi connectivity index (χ0) is 38.6. The van der Waals surface area contributed by atoms with Crippen LogP contribution in [0.3, 0.4) is 0 Å². The van der Waals surface area contributed by atoms with E-state index in [1.807, 2.05) is 35.6 Å². The molecule has 2 atom stereocenters. The highest BCUT2D eigenvalue weighted by Gasteiger charge is 2.53. The molecule has 2 nitrogen and oxygen atoms in total. The maximum absolute atomic E-state index is 16.1. The van der Waals surface area contributed by atoms with Crippen molar-refractivity contribution in [2.24, 2.45) is 0 Å². The number of benzene rings is 9. The predicted octanol–water partition coefficient (Wildman–Crippen LogP) is 13.1. The van der Waals surface area contributed by atoms with E-state index >= 15 is 4.57 Å². The lowest BCUT2D eigenvalue weighted by molar-refractivity contribution is 0.593. The lowest BCUT2D eigenvalue weighted by Crippen LogP contribution is -2.33. The molecule has 0 fully saturated rings. The van der Waals surface area contributed by atoms with Crippen molar-refractivity contribution in [3.8, 4) is 39.1 Å². The molecule has 3 aliphatic rings. The third-order valence-corrected chi connectivity index (χ3v) is 17.9. The van der Waals surface area contributed by atoms with Crippen molar-refractivity contribution in [2.45, 2.75) is 5.41 Å². The summed E-state index contributed by atoms with van der Waals surface area (Å²) in [6, 6.07) is 70.9. The number of thiophene rings is 1. The van der Waals surface area contributed by atoms with Crippen molar-refractivity contribution in [1.29, 1.82) is 0 Å². The zero-order valence-corrected chi connectivity index (χ0v) is 33.4. The van der Waals surface area contributed by atoms with Gasteiger partial charge in [-0.1, -0.05) is 152 Å². The normalized spacial score (nSPS) is 18.0. The molecule has 2 aliphatic heterocycles. The van der Waals surface area contributed by atoms with Crippen LogP contribution in [-0.2, 0) is 9.98 Å². The Labute approximate surface area is 344 Å². The van der Waals surface area contributed by atoms with Gasteiger partial charge in [-0.3, -0.25) is 0 Å². The molecule has 1 spiro atoms. The predicted molar refractivity (Wildman–Crippen MR) is 248 cm³/mol. The average molecular weight is 786 g/mol. The molecular weight excluding hydrogens is 754 g/mol. The SMILES string of the molecule is O=[P@@]1(c2ccccc2)c2ccccc2-c2cc3c(cc21)-c1c(-c2ccc4sc5ccccc5c4c2)cccc1C31c2ccccc2-n2c3ccccc3c3cccc1c32. The van der Waals surface area contributed by atoms with Gasteiger partial charge in [0, 0.05) is 46.9 Å². The summed E-state index contributed by atoms with van der Waals surface area (Å²) in [5.41, 5.74) is 15.0. The summed E-state index contributed by atoms with van der Waals surface area (Å²) < 4.78 is 21.2. The van der Waals surface area contributed by atoms with Crippen LogP contribution >= 0.6 is 18.5 Å². The van der Waals surface area contributed by atoms with Gasteiger partial charge in [-0.2, -0.15) is 0 Å². The van der Waals surface area contributed by atoms with E-state index in [-0.39, 0.29) is 0 Å². The summed E-state index contributed by atoms with van der Waals surface area (Å²) in [6.45, 7) is 0. The van der Waals surface area contributed by atoms with E-state index < -0.39 is 12.6 Å². The first-order valence-corrected chi connectivity index (χ1v) is 22.8. The van der Waals surface area contributed by atoms with Crippen molar-refractivity contribution in [2.75, 3.05) is 0 Å². The summed E-state index contributed by atoms with van der Waals surface area (Å²) in [6.07, 6.45) is 0. The fourth-order valence-corrected chi connectivity index (χ4v) is 15.5. The summed E-state index contributed by atoms with van der Waals surface area (Å²) in [7, 11) is -3.22. The molecule has 0 amide bonds. The summed E-state index contributed by atoms with van der Waals surface area (Å²) in [5, 5.41) is 7.81. The standard InChI is InChI=1S/C55H32NOPS/c57-58(34-14-2-1-3-15-34)49-26-10-5-17-37(49)40-31-46-42(32-50(40)58)53-35(33-28-29-52-41(30-33)38-18-6-11-27-51(38)59-52)19-12-22-44(53)55(46)43-21-7-9-25-48(43)56-47-24-8-4-16-36(47)39-20-13-23-45(55)54(39)56/h1-32H/t55?,58-/m0/s1. The van der Waals surface area contributed by atoms with Crippen molar-refractivity contribution < 1.29 is 4.57 Å². The van der Waals surface area contributed by atoms with E-state index in [4.69, 9.17) is 0 Å². The molecule has 0 bridgehead atoms. The Morgan fingerprint density at radius 2 is 1.14 bits per heavy atom. The first-order chi connectivity index (χ1) is 29.2. The van der Waals surface area contributed by atoms with Crippen LogP contribution in [0, 0.1) is 0 Å². The monoisotopic (exact) mass is 785 g/mol. The average Bonchev–Trinajstić information content (AvgIpc) is 4.00. The second-order valence-corrected chi connectivity index (χ2v) is 20.0. The molecule has 11 aromatic rings. The van der Waals surface area contributed by atoms with Crippen LogP contribution in [0.4, 0.5) is 0 Å². The van der Waals surface area contributed by atoms with E-state index in [0.717, 1.165) is 32.6 Å². The molecule has 14 rings (SSSR count). The second-order valence-electron chi connectivity index (χ2n) is 16.2. The Morgan fingerprint density at radius 3 is 2.07 bits per heavy atom. The van der Waals surface area contributed by atoms with Crippen LogP contribution in [-0.4, -0.2) is 4.57 Å². The van der Waals surface area contributed by atoms with Gasteiger partial charge in [0.05, 0.1) is 22.1 Å². The third kappa shape index (κ3) is 3.82. The van der Waals surface area contributed by atoms with Crippen LogP contribution in [0.1, 0.15) is 22.3 Å². The first-order valence-electron chi connectivity index (χ1n) is 20.3. The van der Waals surface area contributed by atoms with Gasteiger partial charge in [0.1, 0.15) is 0 Å². The van der Waals surface area contributed by atoms with Gasteiger partial charge in [-0.05, 0) is 98.1 Å². The Balaban J connectivity index is 1.17. The molecule has 0 saturated carbocycles. The fraction of sp³-hybridized carbons (Fsp3) is 0.0182. The first kappa shape index (κ1) is 32.2. The van der Waals surface area contributed by atoms with Gasteiger partial charge in [0.15, 0.2) is 7.14 Å². The Kier molecular flexibility index (Phi) is 6.14. The number of hydrogen-bond acceptors (Lipinski definition) is 2. The van der Waals surface area contributed by atoms with Gasteiger partial charge >= 0.3 is 0 Å². The minimum atomic E-state index is -3.22. The maximum atomic E-state index is 16.1. The second kappa shape index (κ2) is 11.2. The summed E-state index contributed by atoms with van der Waals surface area (Å²) in [4.78, 5) is 0. The van der Waals surface area contributed by atoms with Crippen molar-refractivity contribution in [3.63, 3.8) is 0 Å². The van der Waals surface area contributed by atoms with E-state index in [1.165, 1.54) is 86.6 Å². The van der Waals surface area contributed by atoms with Crippen molar-refractivity contribution in [1.82, 2.24) is 4.57 Å². The fourth-order valence-electron chi connectivity index (χ4n) is 11.3. The highest BCUT2D eigenvalue weighted by molar-refractivity contribution is 7.86. The highest BCUT2D eigenvalue weighted by Crippen LogP contribution is 2.64. The Hall–Kier alpha value is -6.77. The largest absolute Gasteiger partial charge is 0.309 e. The lowest BCUT2D eigenvalue weighted by Gasteiger charge is -2.39. The highest BCUT2D eigenvalue weighted by atomic mass is 32.1. The van der Waals surface area contributed by atoms with Crippen LogP contribution in [0.25, 0.3) is 81.0 Å². The molecule has 59 heavy (non-hydrogen) atoms. The quantitative estimate of drug-likeness (QED) is 0.160. The van der Waals surface area contributed by atoms with Gasteiger partial charge < -0.3 is 9.13 Å². The molecule has 9 aromatic carbocycles. The van der Waals surface area contributed by atoms with Crippen LogP contribution in [0.15, 0.2) is 194 Å². The van der Waals surface area contributed by atoms with E-state index in [1.54, 1.807) is 0 Å². The molecule has 4 heteroatoms. The maximum Gasteiger partial charge on any atom is 0.172 e. The molecule has 0 saturated heterocycles. The zero-order valence-electron chi connectivity index (χ0n) is 31.7. The molecule has 1 unspecified atom stereocenters. The molecule has 2 aromatic heterocycles. The van der Waals surface area contributed by atoms with Gasteiger partial charge in [0.25, 0.3) is 0 Å². The number of aromatic nitrogens is 1. The number of hydrogen-bond donors (Lipinski definition) is 0. The van der Waals surface area contributed by atoms with Crippen LogP contribution in [0.5, 0.6) is 0 Å². The van der Waals surface area contributed by atoms with Crippen LogP contribution < -0.4 is 15.9 Å². The van der Waals surface area contributed by atoms with Gasteiger partial charge in [-0.25, -0.2) is 0 Å². The minimum Gasteiger partial charge on any atom is -0.309 e. The van der Waals surface area contributed by atoms with Crippen molar-refractivity contribution in [3.05, 3.63) is 216 Å². The van der Waals surface area contributed by atoms with Crippen molar-refractivity contribution >= 4 is 76.4 Å². The number of nitrogens with zero attached hydrogens (tertiary/aromatic N) is 1. The topological polar surface area (TPSA) is 22.0 Å². The van der Waals surface area contributed by atoms with E-state index in [0.29, 0.717) is 0 Å². The third-order valence-electron chi connectivity index (χ3n) is 13.6. The summed E-state index contributed by atoms with van der Waals surface area (Å²) >= 11 is 1.85. The van der Waals surface area contributed by atoms with E-state index in [2.05, 4.69) is 174 Å². The number of rotatable bonds is 2. The molecule has 4 heterocycles. The number of fused-ring (bicyclic) bond motifs is 18. The molecular formula is C55H32NOPS. The lowest BCUT2D eigenvalue weighted by atomic mass is 9.65. The number of para-hydroxylation sites is 3. The van der Waals surface area contributed by atoms with E-state index in [9.17, 15) is 0 Å². The molecule has 274 valence electrons. The minimum absolute atomic E-state index is 0.649. The van der Waals surface area contributed by atoms with Crippen LogP contribution in [0.2, 0.25) is 0 Å². The molecule has 1 aliphatic carbocycles. The summed E-state index contributed by atoms with van der Waals surface area (Å²) in [5.74, 6) is 0.